The Kier molecular flexibility index (Phi) is 3.82. The fraction of sp³-hybridized carbons (Fsp3) is 0.0714. The molecule has 0 amide bonds. The van der Waals surface area contributed by atoms with Crippen molar-refractivity contribution in [3.05, 3.63) is 58.1 Å². The van der Waals surface area contributed by atoms with E-state index in [0.29, 0.717) is 22.6 Å². The smallest absolute Gasteiger partial charge is 0.273 e. The lowest BCUT2D eigenvalue weighted by molar-refractivity contribution is -0.384. The lowest BCUT2D eigenvalue weighted by Crippen LogP contribution is -1.98. The van der Waals surface area contributed by atoms with Gasteiger partial charge in [-0.05, 0) is 18.2 Å². The zero-order valence-electron chi connectivity index (χ0n) is 10.8. The van der Waals surface area contributed by atoms with Crippen LogP contribution in [-0.2, 0) is 0 Å². The monoisotopic (exact) mass is 268 g/mol. The summed E-state index contributed by atoms with van der Waals surface area (Å²) in [7, 11) is 1.69. The molecule has 0 aliphatic carbocycles. The number of hydrogen-bond acceptors (Lipinski definition) is 5. The van der Waals surface area contributed by atoms with Crippen molar-refractivity contribution >= 4 is 22.7 Å². The third kappa shape index (κ3) is 2.84. The van der Waals surface area contributed by atoms with Gasteiger partial charge in [0, 0.05) is 30.6 Å². The fourth-order valence-electron chi connectivity index (χ4n) is 1.78. The summed E-state index contributed by atoms with van der Waals surface area (Å²) in [6.07, 6.45) is 0. The van der Waals surface area contributed by atoms with Crippen LogP contribution < -0.4 is 10.6 Å². The zero-order chi connectivity index (χ0) is 14.5. The van der Waals surface area contributed by atoms with E-state index in [0.717, 1.165) is 0 Å². The van der Waals surface area contributed by atoms with Gasteiger partial charge in [0.1, 0.15) is 6.07 Å². The molecule has 0 aromatic heterocycles. The van der Waals surface area contributed by atoms with Gasteiger partial charge < -0.3 is 10.6 Å². The molecule has 0 unspecified atom stereocenters. The van der Waals surface area contributed by atoms with Gasteiger partial charge in [0.2, 0.25) is 0 Å². The molecular weight excluding hydrogens is 256 g/mol. The minimum Gasteiger partial charge on any atom is -0.388 e. The van der Waals surface area contributed by atoms with Crippen LogP contribution in [0.15, 0.2) is 42.5 Å². The molecule has 0 saturated carbocycles. The first-order valence-electron chi connectivity index (χ1n) is 5.87. The van der Waals surface area contributed by atoms with Crippen LogP contribution in [0.2, 0.25) is 0 Å². The topological polar surface area (TPSA) is 91.0 Å². The van der Waals surface area contributed by atoms with E-state index in [1.807, 2.05) is 0 Å². The number of non-ortho nitro benzene ring substituents is 1. The van der Waals surface area contributed by atoms with Gasteiger partial charge in [0.15, 0.2) is 0 Å². The second-order valence-electron chi connectivity index (χ2n) is 4.06. The summed E-state index contributed by atoms with van der Waals surface area (Å²) in [5.74, 6) is 0. The highest BCUT2D eigenvalue weighted by molar-refractivity contribution is 5.71. The molecule has 0 aliphatic rings. The molecule has 0 bridgehead atoms. The number of nitro groups is 1. The third-order valence-corrected chi connectivity index (χ3v) is 2.74. The number of rotatable bonds is 4. The second-order valence-corrected chi connectivity index (χ2v) is 4.06. The minimum absolute atomic E-state index is 0.0196. The molecule has 2 aromatic carbocycles. The van der Waals surface area contributed by atoms with E-state index in [-0.39, 0.29) is 5.69 Å². The van der Waals surface area contributed by atoms with Crippen LogP contribution >= 0.6 is 0 Å². The number of nitro benzene ring substituents is 1. The van der Waals surface area contributed by atoms with Gasteiger partial charge >= 0.3 is 0 Å². The molecule has 2 aromatic rings. The maximum atomic E-state index is 10.9. The Labute approximate surface area is 115 Å². The summed E-state index contributed by atoms with van der Waals surface area (Å²) in [5, 5.41) is 25.8. The number of anilines is 3. The lowest BCUT2D eigenvalue weighted by atomic mass is 10.1. The zero-order valence-corrected chi connectivity index (χ0v) is 10.8. The Bertz CT molecular complexity index is 692. The van der Waals surface area contributed by atoms with Gasteiger partial charge in [-0.1, -0.05) is 12.1 Å². The van der Waals surface area contributed by atoms with E-state index in [1.165, 1.54) is 12.1 Å². The van der Waals surface area contributed by atoms with Gasteiger partial charge in [0.05, 0.1) is 16.2 Å². The van der Waals surface area contributed by atoms with E-state index in [2.05, 4.69) is 16.7 Å². The Morgan fingerprint density at radius 2 is 1.90 bits per heavy atom. The van der Waals surface area contributed by atoms with Crippen molar-refractivity contribution in [3.63, 3.8) is 0 Å². The van der Waals surface area contributed by atoms with E-state index in [9.17, 15) is 10.1 Å². The summed E-state index contributed by atoms with van der Waals surface area (Å²) >= 11 is 0. The van der Waals surface area contributed by atoms with Gasteiger partial charge in [-0.2, -0.15) is 5.26 Å². The molecule has 6 heteroatoms. The molecule has 0 fully saturated rings. The largest absolute Gasteiger partial charge is 0.388 e. The highest BCUT2D eigenvalue weighted by Crippen LogP contribution is 2.27. The third-order valence-electron chi connectivity index (χ3n) is 2.74. The van der Waals surface area contributed by atoms with Crippen LogP contribution in [0, 0.1) is 21.4 Å². The Morgan fingerprint density at radius 1 is 1.20 bits per heavy atom. The first-order valence-corrected chi connectivity index (χ1v) is 5.87. The molecule has 20 heavy (non-hydrogen) atoms. The molecule has 0 atom stereocenters. The first-order chi connectivity index (χ1) is 9.63. The van der Waals surface area contributed by atoms with Crippen molar-refractivity contribution in [2.45, 2.75) is 0 Å². The van der Waals surface area contributed by atoms with E-state index >= 15 is 0 Å². The first kappa shape index (κ1) is 13.4. The minimum atomic E-state index is -0.456. The van der Waals surface area contributed by atoms with Crippen molar-refractivity contribution in [1.82, 2.24) is 0 Å². The number of hydrogen-bond donors (Lipinski definition) is 2. The molecule has 0 saturated heterocycles. The number of nitriles is 1. The maximum absolute atomic E-state index is 10.9. The van der Waals surface area contributed by atoms with Crippen LogP contribution in [0.25, 0.3) is 0 Å². The number of para-hydroxylation sites is 1. The summed E-state index contributed by atoms with van der Waals surface area (Å²) < 4.78 is 0. The fourth-order valence-corrected chi connectivity index (χ4v) is 1.78. The van der Waals surface area contributed by atoms with Gasteiger partial charge in [0.25, 0.3) is 5.69 Å². The maximum Gasteiger partial charge on any atom is 0.273 e. The SMILES string of the molecule is CNc1cc(Nc2ccccc2C#N)cc([N+](=O)[O-])c1. The Balaban J connectivity index is 2.40. The molecule has 0 radical (unpaired) electrons. The number of nitrogens with zero attached hydrogens (tertiary/aromatic N) is 2. The Hall–Kier alpha value is -3.07. The molecule has 2 N–H and O–H groups in total. The average Bonchev–Trinajstić information content (AvgIpc) is 2.47. The normalized spacial score (nSPS) is 9.60. The van der Waals surface area contributed by atoms with Crippen LogP contribution in [0.4, 0.5) is 22.7 Å². The van der Waals surface area contributed by atoms with Gasteiger partial charge in [-0.15, -0.1) is 0 Å². The standard InChI is InChI=1S/C14H12N4O2/c1-16-11-6-12(8-13(7-11)18(19)20)17-14-5-3-2-4-10(14)9-15/h2-8,16-17H,1H3. The molecule has 0 spiro atoms. The molecule has 6 nitrogen and oxygen atoms in total. The van der Waals surface area contributed by atoms with Gasteiger partial charge in [-0.25, -0.2) is 0 Å². The van der Waals surface area contributed by atoms with Crippen molar-refractivity contribution in [2.75, 3.05) is 17.7 Å². The average molecular weight is 268 g/mol. The van der Waals surface area contributed by atoms with Crippen molar-refractivity contribution in [1.29, 1.82) is 5.26 Å². The highest BCUT2D eigenvalue weighted by Gasteiger charge is 2.10. The quantitative estimate of drug-likeness (QED) is 0.656. The van der Waals surface area contributed by atoms with Crippen molar-refractivity contribution in [3.8, 4) is 6.07 Å². The predicted molar refractivity (Wildman–Crippen MR) is 77.1 cm³/mol. The Morgan fingerprint density at radius 3 is 2.55 bits per heavy atom. The molecule has 2 rings (SSSR count). The van der Waals surface area contributed by atoms with Crippen LogP contribution in [0.3, 0.4) is 0 Å². The van der Waals surface area contributed by atoms with Gasteiger partial charge in [-0.3, -0.25) is 10.1 Å². The van der Waals surface area contributed by atoms with E-state index < -0.39 is 4.92 Å². The van der Waals surface area contributed by atoms with Crippen LogP contribution in [0.5, 0.6) is 0 Å². The molecule has 100 valence electrons. The summed E-state index contributed by atoms with van der Waals surface area (Å²) in [5.41, 5.74) is 2.23. The van der Waals surface area contributed by atoms with Crippen molar-refractivity contribution < 1.29 is 4.92 Å². The second kappa shape index (κ2) is 5.71. The number of benzene rings is 2. The van der Waals surface area contributed by atoms with E-state index in [4.69, 9.17) is 5.26 Å². The molecule has 0 aliphatic heterocycles. The summed E-state index contributed by atoms with van der Waals surface area (Å²) in [4.78, 5) is 10.4. The van der Waals surface area contributed by atoms with E-state index in [1.54, 1.807) is 37.4 Å². The predicted octanol–water partition coefficient (Wildman–Crippen LogP) is 3.25. The molecule has 0 heterocycles. The van der Waals surface area contributed by atoms with Crippen LogP contribution in [0.1, 0.15) is 5.56 Å². The highest BCUT2D eigenvalue weighted by atomic mass is 16.6. The van der Waals surface area contributed by atoms with Crippen LogP contribution in [-0.4, -0.2) is 12.0 Å². The lowest BCUT2D eigenvalue weighted by Gasteiger charge is -2.09. The summed E-state index contributed by atoms with van der Waals surface area (Å²) in [6, 6.07) is 13.7. The van der Waals surface area contributed by atoms with Crippen molar-refractivity contribution in [2.24, 2.45) is 0 Å². The summed E-state index contributed by atoms with van der Waals surface area (Å²) in [6.45, 7) is 0. The molecular formula is C14H12N4O2. The number of nitrogens with one attached hydrogen (secondary N) is 2.